The lowest BCUT2D eigenvalue weighted by Gasteiger charge is -2.06. The van der Waals surface area contributed by atoms with Crippen molar-refractivity contribution in [2.45, 2.75) is 20.8 Å². The second kappa shape index (κ2) is 3.40. The molecule has 0 fully saturated rings. The van der Waals surface area contributed by atoms with Gasteiger partial charge in [-0.05, 0) is 44.0 Å². The van der Waals surface area contributed by atoms with E-state index in [0.29, 0.717) is 0 Å². The van der Waals surface area contributed by atoms with Crippen LogP contribution in [0.3, 0.4) is 0 Å². The van der Waals surface area contributed by atoms with Gasteiger partial charge in [0, 0.05) is 10.0 Å². The van der Waals surface area contributed by atoms with Crippen LogP contribution in [0.5, 0.6) is 0 Å². The predicted octanol–water partition coefficient (Wildman–Crippen LogP) is 3.27. The molecule has 0 spiro atoms. The molecule has 1 nitrogen and oxygen atoms in total. The number of rotatable bonds is 1. The number of benzene rings is 1. The first-order valence-corrected chi connectivity index (χ1v) is 4.59. The van der Waals surface area contributed by atoms with Gasteiger partial charge < -0.3 is 0 Å². The molecule has 0 heterocycles. The van der Waals surface area contributed by atoms with Crippen LogP contribution in [0.25, 0.3) is 0 Å². The normalized spacial score (nSPS) is 10.0. The fourth-order valence-electron chi connectivity index (χ4n) is 1.47. The summed E-state index contributed by atoms with van der Waals surface area (Å²) in [5.74, 6) is 0.137. The predicted molar refractivity (Wildman–Crippen MR) is 53.6 cm³/mol. The number of hydrogen-bond donors (Lipinski definition) is 0. The molecule has 0 aliphatic carbocycles. The lowest BCUT2D eigenvalue weighted by Crippen LogP contribution is -1.99. The van der Waals surface area contributed by atoms with Crippen LogP contribution in [-0.4, -0.2) is 5.78 Å². The number of halogens is 1. The smallest absolute Gasteiger partial charge is 0.160 e. The van der Waals surface area contributed by atoms with Crippen molar-refractivity contribution in [1.29, 1.82) is 0 Å². The van der Waals surface area contributed by atoms with Gasteiger partial charge in [-0.3, -0.25) is 4.79 Å². The fourth-order valence-corrected chi connectivity index (χ4v) is 2.15. The summed E-state index contributed by atoms with van der Waals surface area (Å²) in [4.78, 5) is 11.2. The minimum absolute atomic E-state index is 0.137. The number of hydrogen-bond acceptors (Lipinski definition) is 1. The molecule has 0 aliphatic heterocycles. The summed E-state index contributed by atoms with van der Waals surface area (Å²) >= 11 is 3.38. The molecule has 1 aromatic rings. The van der Waals surface area contributed by atoms with Gasteiger partial charge in [-0.25, -0.2) is 0 Å². The van der Waals surface area contributed by atoms with Crippen molar-refractivity contribution < 1.29 is 4.79 Å². The highest BCUT2D eigenvalue weighted by Gasteiger charge is 2.07. The van der Waals surface area contributed by atoms with Crippen molar-refractivity contribution in [3.05, 3.63) is 33.3 Å². The largest absolute Gasteiger partial charge is 0.294 e. The van der Waals surface area contributed by atoms with Gasteiger partial charge in [-0.15, -0.1) is 0 Å². The molecule has 0 unspecified atom stereocenters. The first-order chi connectivity index (χ1) is 5.52. The molecule has 0 amide bonds. The summed E-state index contributed by atoms with van der Waals surface area (Å²) in [6.45, 7) is 5.51. The lowest BCUT2D eigenvalue weighted by atomic mass is 10.0. The maximum absolute atomic E-state index is 11.2. The van der Waals surface area contributed by atoms with Gasteiger partial charge in [-0.1, -0.05) is 15.9 Å². The summed E-state index contributed by atoms with van der Waals surface area (Å²) in [6.07, 6.45) is 0. The minimum Gasteiger partial charge on any atom is -0.294 e. The van der Waals surface area contributed by atoms with Gasteiger partial charge in [0.2, 0.25) is 0 Å². The Morgan fingerprint density at radius 2 is 1.67 bits per heavy atom. The van der Waals surface area contributed by atoms with Crippen LogP contribution < -0.4 is 0 Å². The molecular weight excluding hydrogens is 216 g/mol. The van der Waals surface area contributed by atoms with E-state index in [2.05, 4.69) is 15.9 Å². The van der Waals surface area contributed by atoms with Crippen LogP contribution in [0, 0.1) is 13.8 Å². The third-order valence-corrected chi connectivity index (χ3v) is 2.31. The SMILES string of the molecule is CC(=O)c1c(C)cc(Br)cc1C. The second-order valence-electron chi connectivity index (χ2n) is 2.97. The quantitative estimate of drug-likeness (QED) is 0.673. The van der Waals surface area contributed by atoms with E-state index >= 15 is 0 Å². The van der Waals surface area contributed by atoms with E-state index in [1.807, 2.05) is 26.0 Å². The molecule has 1 aromatic carbocycles. The Morgan fingerprint density at radius 3 is 2.00 bits per heavy atom. The molecule has 0 atom stereocenters. The van der Waals surface area contributed by atoms with Crippen LogP contribution in [0.1, 0.15) is 28.4 Å². The third-order valence-electron chi connectivity index (χ3n) is 1.85. The summed E-state index contributed by atoms with van der Waals surface area (Å²) in [7, 11) is 0. The number of Topliss-reactive ketones (excluding diaryl/α,β-unsaturated/α-hetero) is 1. The molecule has 0 N–H and O–H groups in total. The third kappa shape index (κ3) is 1.75. The maximum Gasteiger partial charge on any atom is 0.160 e. The van der Waals surface area contributed by atoms with Crippen LogP contribution >= 0.6 is 15.9 Å². The van der Waals surface area contributed by atoms with Crippen LogP contribution in [0.4, 0.5) is 0 Å². The van der Waals surface area contributed by atoms with Crippen molar-refractivity contribution in [2.24, 2.45) is 0 Å². The van der Waals surface area contributed by atoms with Crippen molar-refractivity contribution in [2.75, 3.05) is 0 Å². The van der Waals surface area contributed by atoms with E-state index < -0.39 is 0 Å². The molecule has 12 heavy (non-hydrogen) atoms. The number of carbonyl (C=O) groups is 1. The Morgan fingerprint density at radius 1 is 1.25 bits per heavy atom. The molecule has 0 bridgehead atoms. The van der Waals surface area contributed by atoms with Crippen LogP contribution in [0.2, 0.25) is 0 Å². The van der Waals surface area contributed by atoms with Gasteiger partial charge in [0.05, 0.1) is 0 Å². The molecule has 1 rings (SSSR count). The zero-order chi connectivity index (χ0) is 9.30. The standard InChI is InChI=1S/C10H11BrO/c1-6-4-9(11)5-7(2)10(6)8(3)12/h4-5H,1-3H3. The highest BCUT2D eigenvalue weighted by Crippen LogP contribution is 2.20. The summed E-state index contributed by atoms with van der Waals surface area (Å²) < 4.78 is 1.03. The number of ketones is 1. The second-order valence-corrected chi connectivity index (χ2v) is 3.89. The highest BCUT2D eigenvalue weighted by molar-refractivity contribution is 9.10. The minimum atomic E-state index is 0.137. The van der Waals surface area contributed by atoms with Gasteiger partial charge in [0.1, 0.15) is 0 Å². The molecule has 0 aliphatic rings. The van der Waals surface area contributed by atoms with E-state index in [0.717, 1.165) is 21.2 Å². The van der Waals surface area contributed by atoms with E-state index in [1.54, 1.807) is 6.92 Å². The molecular formula is C10H11BrO. The molecule has 0 saturated heterocycles. The maximum atomic E-state index is 11.2. The molecule has 0 aromatic heterocycles. The summed E-state index contributed by atoms with van der Waals surface area (Å²) in [6, 6.07) is 3.92. The molecule has 0 radical (unpaired) electrons. The van der Waals surface area contributed by atoms with E-state index in [4.69, 9.17) is 0 Å². The van der Waals surface area contributed by atoms with Gasteiger partial charge in [0.25, 0.3) is 0 Å². The molecule has 64 valence electrons. The average Bonchev–Trinajstić information content (AvgIpc) is 1.82. The van der Waals surface area contributed by atoms with Crippen LogP contribution in [-0.2, 0) is 0 Å². The summed E-state index contributed by atoms with van der Waals surface area (Å²) in [5, 5.41) is 0. The highest BCUT2D eigenvalue weighted by atomic mass is 79.9. The monoisotopic (exact) mass is 226 g/mol. The lowest BCUT2D eigenvalue weighted by molar-refractivity contribution is 0.101. The van der Waals surface area contributed by atoms with Crippen molar-refractivity contribution in [1.82, 2.24) is 0 Å². The Labute approximate surface area is 80.9 Å². The first-order valence-electron chi connectivity index (χ1n) is 3.80. The molecule has 0 saturated carbocycles. The Balaban J connectivity index is 3.38. The molecule has 2 heteroatoms. The van der Waals surface area contributed by atoms with E-state index in [-0.39, 0.29) is 5.78 Å². The Hall–Kier alpha value is -0.630. The topological polar surface area (TPSA) is 17.1 Å². The van der Waals surface area contributed by atoms with E-state index in [9.17, 15) is 4.79 Å². The van der Waals surface area contributed by atoms with Crippen LogP contribution in [0.15, 0.2) is 16.6 Å². The van der Waals surface area contributed by atoms with Crippen molar-refractivity contribution in [3.8, 4) is 0 Å². The zero-order valence-electron chi connectivity index (χ0n) is 7.44. The first kappa shape index (κ1) is 9.46. The fraction of sp³-hybridized carbons (Fsp3) is 0.300. The van der Waals surface area contributed by atoms with Crippen molar-refractivity contribution >= 4 is 21.7 Å². The number of carbonyl (C=O) groups excluding carboxylic acids is 1. The Bertz CT molecular complexity index is 306. The van der Waals surface area contributed by atoms with Gasteiger partial charge in [0.15, 0.2) is 5.78 Å². The summed E-state index contributed by atoms with van der Waals surface area (Å²) in [5.41, 5.74) is 2.92. The van der Waals surface area contributed by atoms with Crippen molar-refractivity contribution in [3.63, 3.8) is 0 Å². The zero-order valence-corrected chi connectivity index (χ0v) is 9.03. The van der Waals surface area contributed by atoms with Gasteiger partial charge >= 0.3 is 0 Å². The number of aryl methyl sites for hydroxylation is 2. The Kier molecular flexibility index (Phi) is 2.68. The average molecular weight is 227 g/mol. The van der Waals surface area contributed by atoms with E-state index in [1.165, 1.54) is 0 Å². The van der Waals surface area contributed by atoms with Gasteiger partial charge in [-0.2, -0.15) is 0 Å².